The van der Waals surface area contributed by atoms with E-state index in [-0.39, 0.29) is 11.9 Å². The van der Waals surface area contributed by atoms with Crippen LogP contribution in [0.15, 0.2) is 22.7 Å². The van der Waals surface area contributed by atoms with Gasteiger partial charge in [0, 0.05) is 10.5 Å². The maximum atomic E-state index is 12.4. The van der Waals surface area contributed by atoms with Gasteiger partial charge in [-0.15, -0.1) is 0 Å². The average Bonchev–Trinajstić information content (AvgIpc) is 2.79. The summed E-state index contributed by atoms with van der Waals surface area (Å²) in [5.41, 5.74) is 0.600. The minimum absolute atomic E-state index is 0.0389. The van der Waals surface area contributed by atoms with Crippen LogP contribution in [-0.2, 0) is 0 Å². The van der Waals surface area contributed by atoms with Gasteiger partial charge in [-0.1, -0.05) is 36.2 Å². The molecule has 1 aliphatic carbocycles. The molecular weight excluding hydrogens is 318 g/mol. The Morgan fingerprint density at radius 2 is 2.20 bits per heavy atom. The summed E-state index contributed by atoms with van der Waals surface area (Å²) >= 11 is 3.39. The van der Waals surface area contributed by atoms with Crippen molar-refractivity contribution in [1.29, 1.82) is 0 Å². The Morgan fingerprint density at radius 3 is 2.80 bits per heavy atom. The van der Waals surface area contributed by atoms with Crippen molar-refractivity contribution in [3.63, 3.8) is 0 Å². The van der Waals surface area contributed by atoms with Gasteiger partial charge in [-0.05, 0) is 42.9 Å². The van der Waals surface area contributed by atoms with Gasteiger partial charge >= 0.3 is 0 Å². The first-order valence-electron chi connectivity index (χ1n) is 7.21. The zero-order valence-electron chi connectivity index (χ0n) is 12.3. The third kappa shape index (κ3) is 3.17. The van der Waals surface area contributed by atoms with E-state index < -0.39 is 0 Å². The predicted octanol–water partition coefficient (Wildman–Crippen LogP) is 4.01. The lowest BCUT2D eigenvalue weighted by atomic mass is 9.93. The lowest BCUT2D eigenvalue weighted by molar-refractivity contribution is 0.0923. The lowest BCUT2D eigenvalue weighted by Crippen LogP contribution is -2.37. The first-order chi connectivity index (χ1) is 9.56. The highest BCUT2D eigenvalue weighted by atomic mass is 79.9. The average molecular weight is 340 g/mol. The fourth-order valence-corrected chi connectivity index (χ4v) is 3.47. The lowest BCUT2D eigenvalue weighted by Gasteiger charge is -2.21. The summed E-state index contributed by atoms with van der Waals surface area (Å²) in [7, 11) is 1.59. The molecule has 1 N–H and O–H groups in total. The molecule has 0 aliphatic heterocycles. The van der Waals surface area contributed by atoms with Crippen molar-refractivity contribution < 1.29 is 9.53 Å². The molecule has 1 amide bonds. The van der Waals surface area contributed by atoms with Crippen LogP contribution in [0.2, 0.25) is 0 Å². The zero-order valence-corrected chi connectivity index (χ0v) is 13.9. The highest BCUT2D eigenvalue weighted by molar-refractivity contribution is 9.10. The highest BCUT2D eigenvalue weighted by Gasteiger charge is 2.32. The number of methoxy groups -OCH3 is 1. The molecule has 3 nitrogen and oxygen atoms in total. The number of hydrogen-bond acceptors (Lipinski definition) is 2. The second kappa shape index (κ2) is 6.61. The van der Waals surface area contributed by atoms with Crippen LogP contribution in [0.5, 0.6) is 5.75 Å². The summed E-state index contributed by atoms with van der Waals surface area (Å²) in [6.45, 7) is 4.47. The van der Waals surface area contributed by atoms with Crippen LogP contribution in [0.4, 0.5) is 0 Å². The van der Waals surface area contributed by atoms with Gasteiger partial charge in [-0.25, -0.2) is 0 Å². The molecule has 0 bridgehead atoms. The summed E-state index contributed by atoms with van der Waals surface area (Å²) in [6.07, 6.45) is 3.47. The molecule has 4 heteroatoms. The molecule has 1 saturated carbocycles. The first-order valence-corrected chi connectivity index (χ1v) is 8.00. The van der Waals surface area contributed by atoms with Crippen molar-refractivity contribution in [1.82, 2.24) is 5.32 Å². The summed E-state index contributed by atoms with van der Waals surface area (Å²) in [5.74, 6) is 1.84. The molecule has 1 aromatic carbocycles. The molecule has 0 spiro atoms. The minimum Gasteiger partial charge on any atom is -0.496 e. The maximum Gasteiger partial charge on any atom is 0.255 e. The van der Waals surface area contributed by atoms with Crippen LogP contribution < -0.4 is 10.1 Å². The van der Waals surface area contributed by atoms with E-state index in [1.165, 1.54) is 12.8 Å². The Bertz CT molecular complexity index is 489. The molecule has 110 valence electrons. The fourth-order valence-electron chi connectivity index (χ4n) is 3.13. The Kier molecular flexibility index (Phi) is 5.08. The van der Waals surface area contributed by atoms with Gasteiger partial charge in [0.1, 0.15) is 5.75 Å². The van der Waals surface area contributed by atoms with Crippen molar-refractivity contribution >= 4 is 21.8 Å². The topological polar surface area (TPSA) is 38.3 Å². The molecule has 3 unspecified atom stereocenters. The molecule has 0 aromatic heterocycles. The first kappa shape index (κ1) is 15.4. The Hall–Kier alpha value is -1.03. The molecule has 0 heterocycles. The molecular formula is C16H22BrNO2. The molecule has 1 aromatic rings. The van der Waals surface area contributed by atoms with E-state index in [0.29, 0.717) is 17.2 Å². The van der Waals surface area contributed by atoms with Crippen LogP contribution in [0.3, 0.4) is 0 Å². The predicted molar refractivity (Wildman–Crippen MR) is 84.1 cm³/mol. The van der Waals surface area contributed by atoms with Gasteiger partial charge in [0.05, 0.1) is 12.7 Å². The molecule has 3 atom stereocenters. The number of amides is 1. The number of ether oxygens (including phenoxy) is 1. The summed E-state index contributed by atoms with van der Waals surface area (Å²) < 4.78 is 6.20. The normalized spacial score (nSPS) is 25.5. The Morgan fingerprint density at radius 1 is 1.45 bits per heavy atom. The highest BCUT2D eigenvalue weighted by Crippen LogP contribution is 2.34. The summed E-state index contributed by atoms with van der Waals surface area (Å²) in [5, 5.41) is 3.17. The van der Waals surface area contributed by atoms with Gasteiger partial charge in [0.25, 0.3) is 5.91 Å². The molecule has 1 fully saturated rings. The van der Waals surface area contributed by atoms with Crippen LogP contribution >= 0.6 is 15.9 Å². The summed E-state index contributed by atoms with van der Waals surface area (Å²) in [4.78, 5) is 12.4. The summed E-state index contributed by atoms with van der Waals surface area (Å²) in [6, 6.07) is 5.77. The van der Waals surface area contributed by atoms with Crippen molar-refractivity contribution in [2.45, 2.75) is 39.2 Å². The monoisotopic (exact) mass is 339 g/mol. The van der Waals surface area contributed by atoms with Gasteiger partial charge < -0.3 is 10.1 Å². The number of hydrogen-bond donors (Lipinski definition) is 1. The molecule has 2 rings (SSSR count). The van der Waals surface area contributed by atoms with E-state index in [1.807, 2.05) is 12.1 Å². The quantitative estimate of drug-likeness (QED) is 0.899. The van der Waals surface area contributed by atoms with E-state index in [4.69, 9.17) is 4.74 Å². The number of rotatable bonds is 4. The van der Waals surface area contributed by atoms with Gasteiger partial charge in [0.15, 0.2) is 0 Å². The van der Waals surface area contributed by atoms with Gasteiger partial charge in [-0.3, -0.25) is 4.79 Å². The smallest absolute Gasteiger partial charge is 0.255 e. The Balaban J connectivity index is 2.09. The molecule has 1 aliphatic rings. The zero-order chi connectivity index (χ0) is 14.7. The Labute approximate surface area is 129 Å². The second-order valence-electron chi connectivity index (χ2n) is 5.53. The molecule has 20 heavy (non-hydrogen) atoms. The number of benzene rings is 1. The van der Waals surface area contributed by atoms with E-state index in [1.54, 1.807) is 13.2 Å². The molecule has 0 radical (unpaired) electrons. The van der Waals surface area contributed by atoms with E-state index in [9.17, 15) is 4.79 Å². The maximum absolute atomic E-state index is 12.4. The van der Waals surface area contributed by atoms with Gasteiger partial charge in [0.2, 0.25) is 0 Å². The van der Waals surface area contributed by atoms with Crippen molar-refractivity contribution in [2.24, 2.45) is 11.8 Å². The van der Waals surface area contributed by atoms with Crippen LogP contribution in [0, 0.1) is 11.8 Å². The van der Waals surface area contributed by atoms with E-state index in [2.05, 4.69) is 35.1 Å². The minimum atomic E-state index is -0.0389. The fraction of sp³-hybridized carbons (Fsp3) is 0.562. The van der Waals surface area contributed by atoms with Crippen molar-refractivity contribution in [2.75, 3.05) is 7.11 Å². The standard InChI is InChI=1S/C16H22BrNO2/c1-4-11-5-8-14(10(11)2)18-16(19)13-7-6-12(17)9-15(13)20-3/h6-7,9-11,14H,4-5,8H2,1-3H3,(H,18,19). The van der Waals surface area contributed by atoms with Crippen LogP contribution in [-0.4, -0.2) is 19.1 Å². The van der Waals surface area contributed by atoms with Gasteiger partial charge in [-0.2, -0.15) is 0 Å². The molecule has 0 saturated heterocycles. The van der Waals surface area contributed by atoms with Crippen LogP contribution in [0.1, 0.15) is 43.5 Å². The number of carbonyl (C=O) groups is 1. The third-order valence-electron chi connectivity index (χ3n) is 4.48. The number of carbonyl (C=O) groups excluding carboxylic acids is 1. The van der Waals surface area contributed by atoms with E-state index in [0.717, 1.165) is 16.8 Å². The largest absolute Gasteiger partial charge is 0.496 e. The third-order valence-corrected chi connectivity index (χ3v) is 4.97. The van der Waals surface area contributed by atoms with Crippen LogP contribution in [0.25, 0.3) is 0 Å². The second-order valence-corrected chi connectivity index (χ2v) is 6.45. The SMILES string of the molecule is CCC1CCC(NC(=O)c2ccc(Br)cc2OC)C1C. The van der Waals surface area contributed by atoms with Crippen molar-refractivity contribution in [3.8, 4) is 5.75 Å². The number of halogens is 1. The number of nitrogens with one attached hydrogen (secondary N) is 1. The van der Waals surface area contributed by atoms with E-state index >= 15 is 0 Å². The van der Waals surface area contributed by atoms with Crippen molar-refractivity contribution in [3.05, 3.63) is 28.2 Å².